The van der Waals surface area contributed by atoms with E-state index in [1.165, 1.54) is 0 Å². The molecule has 90 valence electrons. The van der Waals surface area contributed by atoms with Crippen LogP contribution in [0.25, 0.3) is 0 Å². The molecule has 0 aliphatic rings. The average Bonchev–Trinajstić information content (AvgIpc) is 2.14. The van der Waals surface area contributed by atoms with Gasteiger partial charge in [0.05, 0.1) is 0 Å². The molecule has 6 nitrogen and oxygen atoms in total. The summed E-state index contributed by atoms with van der Waals surface area (Å²) in [6, 6.07) is 0. The number of carbonyl (C=O) groups is 1. The second-order valence-corrected chi connectivity index (χ2v) is 2.69. The average molecular weight is 221 g/mol. The summed E-state index contributed by atoms with van der Waals surface area (Å²) in [6.07, 6.45) is -1.21. The third kappa shape index (κ3) is 5.56. The van der Waals surface area contributed by atoms with E-state index in [-0.39, 0.29) is 6.61 Å². The van der Waals surface area contributed by atoms with Gasteiger partial charge in [-0.05, 0) is 20.8 Å². The summed E-state index contributed by atoms with van der Waals surface area (Å²) >= 11 is 0. The fourth-order valence-electron chi connectivity index (χ4n) is 1.10. The minimum absolute atomic E-state index is 0.0253. The molecule has 0 saturated carbocycles. The number of amides is 1. The van der Waals surface area contributed by atoms with Gasteiger partial charge in [0.1, 0.15) is 6.61 Å². The number of hydrogen-bond acceptors (Lipinski definition) is 4. The molecule has 0 aromatic carbocycles. The molecule has 0 saturated heterocycles. The summed E-state index contributed by atoms with van der Waals surface area (Å²) in [5.41, 5.74) is 0. The SMILES string of the molecule is CCOCC(NC(=O)O)(OCC)OCC. The van der Waals surface area contributed by atoms with Crippen LogP contribution in [0.15, 0.2) is 0 Å². The second-order valence-electron chi connectivity index (χ2n) is 2.69. The number of rotatable bonds is 8. The Bertz CT molecular complexity index is 179. The topological polar surface area (TPSA) is 77.0 Å². The van der Waals surface area contributed by atoms with Crippen molar-refractivity contribution in [2.24, 2.45) is 0 Å². The third-order valence-electron chi connectivity index (χ3n) is 1.55. The Labute approximate surface area is 89.5 Å². The molecule has 1 amide bonds. The first-order valence-electron chi connectivity index (χ1n) is 4.97. The van der Waals surface area contributed by atoms with Crippen LogP contribution in [0, 0.1) is 0 Å². The van der Waals surface area contributed by atoms with Gasteiger partial charge in [-0.3, -0.25) is 5.32 Å². The summed E-state index contributed by atoms with van der Waals surface area (Å²) < 4.78 is 15.6. The van der Waals surface area contributed by atoms with Gasteiger partial charge in [0.25, 0.3) is 5.91 Å². The van der Waals surface area contributed by atoms with Crippen LogP contribution >= 0.6 is 0 Å². The largest absolute Gasteiger partial charge is 0.465 e. The van der Waals surface area contributed by atoms with Gasteiger partial charge in [-0.25, -0.2) is 4.79 Å². The molecule has 0 fully saturated rings. The van der Waals surface area contributed by atoms with E-state index in [0.29, 0.717) is 19.8 Å². The molecule has 0 aromatic rings. The van der Waals surface area contributed by atoms with Crippen LogP contribution in [-0.4, -0.2) is 43.5 Å². The number of ether oxygens (including phenoxy) is 3. The van der Waals surface area contributed by atoms with Crippen molar-refractivity contribution in [3.05, 3.63) is 0 Å². The number of nitrogens with one attached hydrogen (secondary N) is 1. The lowest BCUT2D eigenvalue weighted by Gasteiger charge is -2.31. The molecule has 0 aliphatic heterocycles. The normalized spacial score (nSPS) is 11.4. The molecular weight excluding hydrogens is 202 g/mol. The standard InChI is InChI=1S/C9H19NO5/c1-4-13-7-9(14-5-2,15-6-3)10-8(11)12/h10H,4-7H2,1-3H3,(H,11,12). The summed E-state index contributed by atoms with van der Waals surface area (Å²) in [4.78, 5) is 10.6. The molecular formula is C9H19NO5. The highest BCUT2D eigenvalue weighted by Crippen LogP contribution is 2.10. The van der Waals surface area contributed by atoms with Gasteiger partial charge in [0, 0.05) is 19.8 Å². The Morgan fingerprint density at radius 2 is 1.73 bits per heavy atom. The maximum Gasteiger partial charge on any atom is 0.408 e. The first-order chi connectivity index (χ1) is 7.10. The summed E-state index contributed by atoms with van der Waals surface area (Å²) in [5.74, 6) is -1.40. The van der Waals surface area contributed by atoms with E-state index < -0.39 is 12.0 Å². The van der Waals surface area contributed by atoms with Crippen molar-refractivity contribution >= 4 is 6.09 Å². The van der Waals surface area contributed by atoms with Crippen LogP contribution in [0.5, 0.6) is 0 Å². The van der Waals surface area contributed by atoms with E-state index >= 15 is 0 Å². The van der Waals surface area contributed by atoms with Crippen molar-refractivity contribution in [1.29, 1.82) is 0 Å². The lowest BCUT2D eigenvalue weighted by atomic mass is 10.5. The van der Waals surface area contributed by atoms with Gasteiger partial charge in [-0.1, -0.05) is 0 Å². The Balaban J connectivity index is 4.47. The molecule has 15 heavy (non-hydrogen) atoms. The Morgan fingerprint density at radius 3 is 2.07 bits per heavy atom. The van der Waals surface area contributed by atoms with Crippen molar-refractivity contribution in [2.75, 3.05) is 26.4 Å². The molecule has 0 unspecified atom stereocenters. The second kappa shape index (κ2) is 7.44. The highest BCUT2D eigenvalue weighted by atomic mass is 16.7. The quantitative estimate of drug-likeness (QED) is 0.598. The smallest absolute Gasteiger partial charge is 0.408 e. The maximum absolute atomic E-state index is 10.6. The molecule has 0 aliphatic carbocycles. The van der Waals surface area contributed by atoms with E-state index in [1.54, 1.807) is 13.8 Å². The molecule has 6 heteroatoms. The monoisotopic (exact) mass is 221 g/mol. The van der Waals surface area contributed by atoms with Crippen molar-refractivity contribution in [1.82, 2.24) is 5.32 Å². The first-order valence-corrected chi connectivity index (χ1v) is 4.97. The van der Waals surface area contributed by atoms with E-state index in [2.05, 4.69) is 5.32 Å². The van der Waals surface area contributed by atoms with Gasteiger partial charge >= 0.3 is 6.09 Å². The predicted octanol–water partition coefficient (Wildman–Crippen LogP) is 1.02. The van der Waals surface area contributed by atoms with Crippen molar-refractivity contribution in [3.8, 4) is 0 Å². The van der Waals surface area contributed by atoms with Crippen LogP contribution in [-0.2, 0) is 14.2 Å². The molecule has 0 atom stereocenters. The zero-order valence-corrected chi connectivity index (χ0v) is 9.41. The highest BCUT2D eigenvalue weighted by molar-refractivity contribution is 5.65. The lowest BCUT2D eigenvalue weighted by Crippen LogP contribution is -2.55. The number of hydrogen-bond donors (Lipinski definition) is 2. The van der Waals surface area contributed by atoms with E-state index in [4.69, 9.17) is 19.3 Å². The zero-order valence-electron chi connectivity index (χ0n) is 9.41. The van der Waals surface area contributed by atoms with Gasteiger partial charge < -0.3 is 19.3 Å². The molecule has 2 N–H and O–H groups in total. The fourth-order valence-corrected chi connectivity index (χ4v) is 1.10. The predicted molar refractivity (Wildman–Crippen MR) is 53.6 cm³/mol. The Hall–Kier alpha value is -0.850. The highest BCUT2D eigenvalue weighted by Gasteiger charge is 2.34. The summed E-state index contributed by atoms with van der Waals surface area (Å²) in [5, 5.41) is 10.9. The van der Waals surface area contributed by atoms with Crippen LogP contribution in [0.1, 0.15) is 20.8 Å². The van der Waals surface area contributed by atoms with Gasteiger partial charge in [0.2, 0.25) is 0 Å². The third-order valence-corrected chi connectivity index (χ3v) is 1.55. The minimum Gasteiger partial charge on any atom is -0.465 e. The van der Waals surface area contributed by atoms with Crippen molar-refractivity contribution in [3.63, 3.8) is 0 Å². The minimum atomic E-state index is -1.40. The van der Waals surface area contributed by atoms with Crippen LogP contribution in [0.2, 0.25) is 0 Å². The van der Waals surface area contributed by atoms with E-state index in [1.807, 2.05) is 6.92 Å². The fraction of sp³-hybridized carbons (Fsp3) is 0.889. The van der Waals surface area contributed by atoms with Crippen LogP contribution in [0.4, 0.5) is 4.79 Å². The molecule has 0 spiro atoms. The number of carboxylic acid groups (broad SMARTS) is 1. The zero-order chi connectivity index (χ0) is 11.7. The Kier molecular flexibility index (Phi) is 7.02. The summed E-state index contributed by atoms with van der Waals surface area (Å²) in [6.45, 7) is 6.46. The van der Waals surface area contributed by atoms with Crippen molar-refractivity contribution in [2.45, 2.75) is 26.7 Å². The van der Waals surface area contributed by atoms with Gasteiger partial charge in [-0.15, -0.1) is 0 Å². The molecule has 0 bridgehead atoms. The van der Waals surface area contributed by atoms with Crippen molar-refractivity contribution < 1.29 is 24.1 Å². The molecule has 0 rings (SSSR count). The van der Waals surface area contributed by atoms with Gasteiger partial charge in [0.15, 0.2) is 0 Å². The molecule has 0 heterocycles. The van der Waals surface area contributed by atoms with Crippen LogP contribution < -0.4 is 5.32 Å². The first kappa shape index (κ1) is 14.2. The van der Waals surface area contributed by atoms with E-state index in [9.17, 15) is 4.79 Å². The maximum atomic E-state index is 10.6. The molecule has 0 aromatic heterocycles. The summed E-state index contributed by atoms with van der Waals surface area (Å²) in [7, 11) is 0. The Morgan fingerprint density at radius 1 is 1.20 bits per heavy atom. The molecule has 0 radical (unpaired) electrons. The lowest BCUT2D eigenvalue weighted by molar-refractivity contribution is -0.269. The van der Waals surface area contributed by atoms with Gasteiger partial charge in [-0.2, -0.15) is 0 Å². The van der Waals surface area contributed by atoms with E-state index in [0.717, 1.165) is 0 Å². The van der Waals surface area contributed by atoms with Crippen LogP contribution in [0.3, 0.4) is 0 Å².